The van der Waals surface area contributed by atoms with Crippen LogP contribution in [0.2, 0.25) is 0 Å². The first-order valence-electron chi connectivity index (χ1n) is 8.05. The Kier molecular flexibility index (Phi) is 7.37. The van der Waals surface area contributed by atoms with Gasteiger partial charge in [0, 0.05) is 5.56 Å². The lowest BCUT2D eigenvalue weighted by molar-refractivity contribution is -0.138. The average molecular weight is 347 g/mol. The lowest BCUT2D eigenvalue weighted by Gasteiger charge is -2.14. The quantitative estimate of drug-likeness (QED) is 0.646. The molecule has 2 aromatic rings. The van der Waals surface area contributed by atoms with E-state index in [-0.39, 0.29) is 13.0 Å². The van der Waals surface area contributed by atoms with E-state index in [0.29, 0.717) is 19.0 Å². The third-order valence-corrected chi connectivity index (χ3v) is 3.61. The number of rotatable bonds is 10. The predicted molar refractivity (Wildman–Crippen MR) is 93.5 cm³/mol. The first-order chi connectivity index (χ1) is 12.1. The molecule has 0 aliphatic heterocycles. The Morgan fingerprint density at radius 2 is 1.88 bits per heavy atom. The highest BCUT2D eigenvalue weighted by Gasteiger charge is 2.14. The van der Waals surface area contributed by atoms with Crippen LogP contribution in [0.1, 0.15) is 5.56 Å². The summed E-state index contributed by atoms with van der Waals surface area (Å²) >= 11 is 0. The molecule has 1 unspecified atom stereocenters. The predicted octanol–water partition coefficient (Wildman–Crippen LogP) is 2.67. The molecule has 25 heavy (non-hydrogen) atoms. The summed E-state index contributed by atoms with van der Waals surface area (Å²) in [5.41, 5.74) is 8.24. The number of alkyl halides is 1. The van der Waals surface area contributed by atoms with Gasteiger partial charge in [0.05, 0.1) is 13.2 Å². The fourth-order valence-electron chi connectivity index (χ4n) is 2.38. The van der Waals surface area contributed by atoms with Crippen LogP contribution >= 0.6 is 0 Å². The van der Waals surface area contributed by atoms with E-state index in [1.165, 1.54) is 0 Å². The molecule has 0 aliphatic carbocycles. The Labute approximate surface area is 146 Å². The van der Waals surface area contributed by atoms with E-state index < -0.39 is 18.7 Å². The van der Waals surface area contributed by atoms with Crippen molar-refractivity contribution in [3.05, 3.63) is 54.1 Å². The van der Waals surface area contributed by atoms with Crippen molar-refractivity contribution in [2.75, 3.05) is 26.5 Å². The Bertz CT molecular complexity index is 678. The lowest BCUT2D eigenvalue weighted by atomic mass is 9.98. The minimum Gasteiger partial charge on any atom is -0.491 e. The average Bonchev–Trinajstić information content (AvgIpc) is 2.63. The molecule has 0 bridgehead atoms. The summed E-state index contributed by atoms with van der Waals surface area (Å²) in [7, 11) is 0. The van der Waals surface area contributed by atoms with Crippen LogP contribution in [0.15, 0.2) is 48.5 Å². The fourth-order valence-corrected chi connectivity index (χ4v) is 2.38. The number of carboxylic acids is 1. The molecule has 2 rings (SSSR count). The maximum Gasteiger partial charge on any atom is 0.320 e. The first kappa shape index (κ1) is 18.9. The van der Waals surface area contributed by atoms with Gasteiger partial charge in [-0.05, 0) is 29.7 Å². The van der Waals surface area contributed by atoms with Gasteiger partial charge in [-0.15, -0.1) is 0 Å². The number of nitrogens with two attached hydrogens (primary N) is 1. The van der Waals surface area contributed by atoms with E-state index in [1.54, 1.807) is 12.1 Å². The van der Waals surface area contributed by atoms with E-state index >= 15 is 0 Å². The molecule has 3 N–H and O–H groups in total. The van der Waals surface area contributed by atoms with Gasteiger partial charge in [0.25, 0.3) is 0 Å². The molecule has 0 fully saturated rings. The van der Waals surface area contributed by atoms with E-state index in [4.69, 9.17) is 20.3 Å². The smallest absolute Gasteiger partial charge is 0.320 e. The van der Waals surface area contributed by atoms with E-state index in [0.717, 1.165) is 16.7 Å². The van der Waals surface area contributed by atoms with Gasteiger partial charge in [0.2, 0.25) is 0 Å². The molecule has 0 radical (unpaired) electrons. The maximum atomic E-state index is 12.0. The number of hydrogen-bond acceptors (Lipinski definition) is 4. The number of aliphatic carboxylic acids is 1. The lowest BCUT2D eigenvalue weighted by Crippen LogP contribution is -2.32. The van der Waals surface area contributed by atoms with Crippen molar-refractivity contribution in [2.24, 2.45) is 5.73 Å². The molecule has 134 valence electrons. The first-order valence-corrected chi connectivity index (χ1v) is 8.05. The molecule has 5 nitrogen and oxygen atoms in total. The van der Waals surface area contributed by atoms with Gasteiger partial charge in [-0.3, -0.25) is 4.79 Å². The van der Waals surface area contributed by atoms with Gasteiger partial charge in [0.15, 0.2) is 0 Å². The number of halogens is 1. The highest BCUT2D eigenvalue weighted by Crippen LogP contribution is 2.31. The summed E-state index contributed by atoms with van der Waals surface area (Å²) in [6.07, 6.45) is 0.231. The van der Waals surface area contributed by atoms with Gasteiger partial charge < -0.3 is 20.3 Å². The summed E-state index contributed by atoms with van der Waals surface area (Å²) < 4.78 is 22.8. The molecule has 6 heteroatoms. The van der Waals surface area contributed by atoms with Crippen molar-refractivity contribution >= 4 is 5.97 Å². The van der Waals surface area contributed by atoms with Crippen LogP contribution in [0.4, 0.5) is 4.39 Å². The van der Waals surface area contributed by atoms with Gasteiger partial charge in [-0.1, -0.05) is 36.4 Å². The Morgan fingerprint density at radius 1 is 1.12 bits per heavy atom. The van der Waals surface area contributed by atoms with Crippen molar-refractivity contribution in [1.29, 1.82) is 0 Å². The molecule has 0 saturated carbocycles. The third-order valence-electron chi connectivity index (χ3n) is 3.61. The zero-order chi connectivity index (χ0) is 18.1. The second-order valence-electron chi connectivity index (χ2n) is 5.50. The zero-order valence-corrected chi connectivity index (χ0v) is 13.9. The van der Waals surface area contributed by atoms with Crippen molar-refractivity contribution in [1.82, 2.24) is 0 Å². The normalized spacial score (nSPS) is 11.9. The highest BCUT2D eigenvalue weighted by atomic mass is 19.1. The van der Waals surface area contributed by atoms with Crippen LogP contribution in [0.5, 0.6) is 5.75 Å². The largest absolute Gasteiger partial charge is 0.491 e. The maximum absolute atomic E-state index is 12.0. The third kappa shape index (κ3) is 5.85. The number of carboxylic acid groups (broad SMARTS) is 1. The number of hydrogen-bond donors (Lipinski definition) is 2. The summed E-state index contributed by atoms with van der Waals surface area (Å²) in [6, 6.07) is 14.2. The Morgan fingerprint density at radius 3 is 2.56 bits per heavy atom. The van der Waals surface area contributed by atoms with Gasteiger partial charge in [-0.25, -0.2) is 4.39 Å². The molecular weight excluding hydrogens is 325 g/mol. The zero-order valence-electron chi connectivity index (χ0n) is 13.9. The molecule has 1 atom stereocenters. The highest BCUT2D eigenvalue weighted by molar-refractivity contribution is 5.74. The van der Waals surface area contributed by atoms with Crippen molar-refractivity contribution < 1.29 is 23.8 Å². The summed E-state index contributed by atoms with van der Waals surface area (Å²) in [5, 5.41) is 8.98. The van der Waals surface area contributed by atoms with Crippen molar-refractivity contribution in [3.63, 3.8) is 0 Å². The summed E-state index contributed by atoms with van der Waals surface area (Å²) in [6.45, 7) is 0.131. The van der Waals surface area contributed by atoms with Gasteiger partial charge in [-0.2, -0.15) is 0 Å². The summed E-state index contributed by atoms with van der Waals surface area (Å²) in [5.74, 6) is -0.380. The van der Waals surface area contributed by atoms with Crippen LogP contribution < -0.4 is 10.5 Å². The molecule has 0 saturated heterocycles. The molecule has 0 aliphatic rings. The van der Waals surface area contributed by atoms with E-state index in [1.807, 2.05) is 36.4 Å². The van der Waals surface area contributed by atoms with Crippen LogP contribution in [-0.2, 0) is 16.0 Å². The molecule has 0 aromatic heterocycles. The molecule has 0 heterocycles. The van der Waals surface area contributed by atoms with Crippen LogP contribution in [0.3, 0.4) is 0 Å². The standard InChI is InChI=1S/C19H22FNO4/c20-8-9-24-10-11-25-18-7-6-14(13-17(21)19(22)23)12-16(18)15-4-2-1-3-5-15/h1-7,12,17H,8-11,13,21H2,(H,22,23). The molecule has 0 spiro atoms. The fraction of sp³-hybridized carbons (Fsp3) is 0.316. The number of benzene rings is 2. The molecule has 2 aromatic carbocycles. The second-order valence-corrected chi connectivity index (χ2v) is 5.50. The van der Waals surface area contributed by atoms with Crippen LogP contribution in [0, 0.1) is 0 Å². The second kappa shape index (κ2) is 9.76. The summed E-state index contributed by atoms with van der Waals surface area (Å²) in [4.78, 5) is 11.0. The van der Waals surface area contributed by atoms with E-state index in [9.17, 15) is 9.18 Å². The monoisotopic (exact) mass is 347 g/mol. The Hall–Kier alpha value is -2.44. The Balaban J connectivity index is 2.18. The number of ether oxygens (including phenoxy) is 2. The molecular formula is C19H22FNO4. The van der Waals surface area contributed by atoms with E-state index in [2.05, 4.69) is 0 Å². The number of carbonyl (C=O) groups is 1. The minimum atomic E-state index is -1.04. The topological polar surface area (TPSA) is 81.8 Å². The van der Waals surface area contributed by atoms with Gasteiger partial charge >= 0.3 is 5.97 Å². The molecule has 0 amide bonds. The van der Waals surface area contributed by atoms with Crippen molar-refractivity contribution in [3.8, 4) is 16.9 Å². The SMILES string of the molecule is NC(Cc1ccc(OCCOCCF)c(-c2ccccc2)c1)C(=O)O. The van der Waals surface area contributed by atoms with Crippen LogP contribution in [0.25, 0.3) is 11.1 Å². The van der Waals surface area contributed by atoms with Crippen LogP contribution in [-0.4, -0.2) is 43.6 Å². The minimum absolute atomic E-state index is 0.0565. The van der Waals surface area contributed by atoms with Crippen molar-refractivity contribution in [2.45, 2.75) is 12.5 Å². The van der Waals surface area contributed by atoms with Gasteiger partial charge in [0.1, 0.15) is 25.1 Å².